The van der Waals surface area contributed by atoms with Gasteiger partial charge in [0.15, 0.2) is 6.61 Å². The van der Waals surface area contributed by atoms with Gasteiger partial charge in [-0.1, -0.05) is 35.9 Å². The number of carbonyl (C=O) groups excluding carboxylic acids is 4. The molecule has 0 unspecified atom stereocenters. The number of imide groups is 1. The molecule has 1 saturated heterocycles. The number of esters is 1. The van der Waals surface area contributed by atoms with Gasteiger partial charge in [-0.2, -0.15) is 0 Å². The highest BCUT2D eigenvalue weighted by molar-refractivity contribution is 6.30. The monoisotopic (exact) mass is 404 g/mol. The Hall–Kier alpha value is -2.67. The lowest BCUT2D eigenvalue weighted by Gasteiger charge is -2.21. The third kappa shape index (κ3) is 4.25. The van der Waals surface area contributed by atoms with E-state index in [1.54, 1.807) is 24.3 Å². The summed E-state index contributed by atoms with van der Waals surface area (Å²) in [6.07, 6.45) is 4.76. The molecule has 1 aliphatic heterocycles. The van der Waals surface area contributed by atoms with Gasteiger partial charge in [0.05, 0.1) is 11.8 Å². The van der Waals surface area contributed by atoms with Gasteiger partial charge in [-0.3, -0.25) is 19.3 Å². The smallest absolute Gasteiger partial charge is 0.329 e. The first-order valence-corrected chi connectivity index (χ1v) is 9.46. The molecule has 0 spiro atoms. The molecule has 148 valence electrons. The van der Waals surface area contributed by atoms with E-state index in [-0.39, 0.29) is 18.4 Å². The number of halogens is 1. The molecule has 0 radical (unpaired) electrons. The van der Waals surface area contributed by atoms with Crippen molar-refractivity contribution in [3.8, 4) is 0 Å². The number of fused-ring (bicyclic) bond motifs is 1. The van der Waals surface area contributed by atoms with Crippen molar-refractivity contribution in [2.45, 2.75) is 32.4 Å². The number of nitrogens with one attached hydrogen (secondary N) is 1. The first-order chi connectivity index (χ1) is 13.4. The van der Waals surface area contributed by atoms with Crippen LogP contribution in [0.15, 0.2) is 36.4 Å². The van der Waals surface area contributed by atoms with Gasteiger partial charge in [-0.25, -0.2) is 4.79 Å². The minimum Gasteiger partial charge on any atom is -0.454 e. The number of ether oxygens (including phenoxy) is 1. The molecule has 1 aromatic rings. The third-order valence-electron chi connectivity index (χ3n) is 5.02. The fraction of sp³-hybridized carbons (Fsp3) is 0.400. The van der Waals surface area contributed by atoms with Gasteiger partial charge >= 0.3 is 5.97 Å². The van der Waals surface area contributed by atoms with Crippen molar-refractivity contribution >= 4 is 35.3 Å². The largest absolute Gasteiger partial charge is 0.454 e. The maximum atomic E-state index is 12.5. The molecule has 0 saturated carbocycles. The predicted octanol–water partition coefficient (Wildman–Crippen LogP) is 1.84. The fourth-order valence-corrected chi connectivity index (χ4v) is 3.55. The van der Waals surface area contributed by atoms with E-state index in [1.807, 2.05) is 12.2 Å². The Morgan fingerprint density at radius 2 is 1.71 bits per heavy atom. The first-order valence-electron chi connectivity index (χ1n) is 9.08. The van der Waals surface area contributed by atoms with Gasteiger partial charge in [0.1, 0.15) is 6.04 Å². The highest BCUT2D eigenvalue weighted by atomic mass is 35.5. The van der Waals surface area contributed by atoms with Crippen molar-refractivity contribution in [1.29, 1.82) is 0 Å². The van der Waals surface area contributed by atoms with Crippen LogP contribution in [0.5, 0.6) is 0 Å². The second-order valence-electron chi connectivity index (χ2n) is 6.89. The molecular weight excluding hydrogens is 384 g/mol. The topological polar surface area (TPSA) is 92.8 Å². The summed E-state index contributed by atoms with van der Waals surface area (Å²) in [5.74, 6) is -2.78. The molecule has 7 nitrogen and oxygen atoms in total. The van der Waals surface area contributed by atoms with Gasteiger partial charge in [0.2, 0.25) is 11.8 Å². The van der Waals surface area contributed by atoms with Crippen LogP contribution in [0, 0.1) is 11.8 Å². The van der Waals surface area contributed by atoms with E-state index in [4.69, 9.17) is 16.3 Å². The summed E-state index contributed by atoms with van der Waals surface area (Å²) >= 11 is 5.80. The Bertz CT molecular complexity index is 794. The number of hydrogen-bond acceptors (Lipinski definition) is 5. The molecular formula is C20H21ClN2O5. The molecule has 8 heteroatoms. The van der Waals surface area contributed by atoms with Gasteiger partial charge in [0.25, 0.3) is 5.91 Å². The molecule has 3 amide bonds. The maximum Gasteiger partial charge on any atom is 0.329 e. The zero-order chi connectivity index (χ0) is 20.3. The van der Waals surface area contributed by atoms with Crippen LogP contribution in [-0.4, -0.2) is 41.2 Å². The van der Waals surface area contributed by atoms with Crippen LogP contribution in [0.2, 0.25) is 5.02 Å². The number of allylic oxidation sites excluding steroid dienone is 2. The summed E-state index contributed by atoms with van der Waals surface area (Å²) in [7, 11) is 0. The van der Waals surface area contributed by atoms with Gasteiger partial charge in [-0.15, -0.1) is 0 Å². The van der Waals surface area contributed by atoms with Gasteiger partial charge in [-0.05, 0) is 37.5 Å². The zero-order valence-electron chi connectivity index (χ0n) is 15.4. The third-order valence-corrected chi connectivity index (χ3v) is 5.27. The molecule has 3 rings (SSSR count). The molecule has 1 aromatic carbocycles. The molecule has 0 aromatic heterocycles. The van der Waals surface area contributed by atoms with E-state index in [0.29, 0.717) is 17.9 Å². The Morgan fingerprint density at radius 1 is 1.14 bits per heavy atom. The average molecular weight is 405 g/mol. The molecule has 1 aliphatic carbocycles. The summed E-state index contributed by atoms with van der Waals surface area (Å²) < 4.78 is 5.00. The van der Waals surface area contributed by atoms with Gasteiger partial charge in [0, 0.05) is 11.6 Å². The van der Waals surface area contributed by atoms with E-state index in [0.717, 1.165) is 10.5 Å². The number of rotatable bonds is 6. The summed E-state index contributed by atoms with van der Waals surface area (Å²) in [6, 6.07) is 5.91. The molecule has 1 fully saturated rings. The number of amides is 3. The lowest BCUT2D eigenvalue weighted by molar-refractivity contribution is -0.159. The van der Waals surface area contributed by atoms with Crippen LogP contribution in [0.25, 0.3) is 0 Å². The van der Waals surface area contributed by atoms with E-state index in [2.05, 4.69) is 5.32 Å². The Balaban J connectivity index is 1.49. The number of likely N-dealkylation sites (tertiary alicyclic amines) is 1. The van der Waals surface area contributed by atoms with Crippen LogP contribution in [0.3, 0.4) is 0 Å². The average Bonchev–Trinajstić information content (AvgIpc) is 2.96. The van der Waals surface area contributed by atoms with Crippen molar-refractivity contribution in [2.75, 3.05) is 6.61 Å². The molecule has 3 atom stereocenters. The minimum absolute atomic E-state index is 0.266. The van der Waals surface area contributed by atoms with Gasteiger partial charge < -0.3 is 10.1 Å². The fourth-order valence-electron chi connectivity index (χ4n) is 3.42. The highest BCUT2D eigenvalue weighted by Gasteiger charge is 2.50. The SMILES string of the molecule is C[C@@H](C(=O)OCC(=O)NCc1ccc(Cl)cc1)N1C(=O)[C@H]2CC=CC[C@@H]2C1=O. The Labute approximate surface area is 167 Å². The summed E-state index contributed by atoms with van der Waals surface area (Å²) in [4.78, 5) is 50.1. The van der Waals surface area contributed by atoms with Crippen molar-refractivity contribution < 1.29 is 23.9 Å². The second kappa shape index (κ2) is 8.56. The lowest BCUT2D eigenvalue weighted by Crippen LogP contribution is -2.45. The molecule has 1 heterocycles. The van der Waals surface area contributed by atoms with E-state index in [9.17, 15) is 19.2 Å². The Morgan fingerprint density at radius 3 is 2.29 bits per heavy atom. The van der Waals surface area contributed by atoms with Crippen molar-refractivity contribution in [2.24, 2.45) is 11.8 Å². The van der Waals surface area contributed by atoms with Crippen LogP contribution >= 0.6 is 11.6 Å². The van der Waals surface area contributed by atoms with Crippen LogP contribution in [0.1, 0.15) is 25.3 Å². The van der Waals surface area contributed by atoms with Crippen LogP contribution in [0.4, 0.5) is 0 Å². The standard InChI is InChI=1S/C20H21ClN2O5/c1-12(23-18(25)15-4-2-3-5-16(15)19(23)26)20(27)28-11-17(24)22-10-13-6-8-14(21)9-7-13/h2-3,6-9,12,15-16H,4-5,10-11H2,1H3,(H,22,24)/t12-,15-,16-/m0/s1. The lowest BCUT2D eigenvalue weighted by atomic mass is 9.85. The maximum absolute atomic E-state index is 12.5. The van der Waals surface area contributed by atoms with E-state index < -0.39 is 36.4 Å². The molecule has 0 bridgehead atoms. The number of benzene rings is 1. The normalized spacial score (nSPS) is 22.0. The van der Waals surface area contributed by atoms with E-state index >= 15 is 0 Å². The summed E-state index contributed by atoms with van der Waals surface area (Å²) in [5, 5.41) is 3.22. The van der Waals surface area contributed by atoms with Crippen molar-refractivity contribution in [1.82, 2.24) is 10.2 Å². The zero-order valence-corrected chi connectivity index (χ0v) is 16.1. The second-order valence-corrected chi connectivity index (χ2v) is 7.33. The number of nitrogens with zero attached hydrogens (tertiary/aromatic N) is 1. The molecule has 2 aliphatic rings. The number of hydrogen-bond donors (Lipinski definition) is 1. The van der Waals surface area contributed by atoms with Crippen molar-refractivity contribution in [3.05, 3.63) is 47.0 Å². The van der Waals surface area contributed by atoms with Crippen molar-refractivity contribution in [3.63, 3.8) is 0 Å². The highest BCUT2D eigenvalue weighted by Crippen LogP contribution is 2.36. The van der Waals surface area contributed by atoms with Crippen LogP contribution in [-0.2, 0) is 30.5 Å². The van der Waals surface area contributed by atoms with E-state index in [1.165, 1.54) is 6.92 Å². The molecule has 1 N–H and O–H groups in total. The van der Waals surface area contributed by atoms with Crippen LogP contribution < -0.4 is 5.32 Å². The molecule has 28 heavy (non-hydrogen) atoms. The number of carbonyl (C=O) groups is 4. The first kappa shape index (κ1) is 20.1. The Kier molecular flexibility index (Phi) is 6.14. The summed E-state index contributed by atoms with van der Waals surface area (Å²) in [6.45, 7) is 1.22. The minimum atomic E-state index is -1.06. The predicted molar refractivity (Wildman–Crippen MR) is 101 cm³/mol. The quantitative estimate of drug-likeness (QED) is 0.443. The summed E-state index contributed by atoms with van der Waals surface area (Å²) in [5.41, 5.74) is 0.849.